The molecular formula is C14H20O. The second-order valence-electron chi connectivity index (χ2n) is 4.71. The van der Waals surface area contributed by atoms with Crippen molar-refractivity contribution in [1.29, 1.82) is 0 Å². The molecule has 0 amide bonds. The van der Waals surface area contributed by atoms with Crippen LogP contribution in [0.25, 0.3) is 0 Å². The largest absolute Gasteiger partial charge is 0.393 e. The minimum Gasteiger partial charge on any atom is -0.393 e. The molecule has 1 fully saturated rings. The molecule has 2 unspecified atom stereocenters. The molecule has 0 radical (unpaired) electrons. The van der Waals surface area contributed by atoms with Crippen LogP contribution in [-0.4, -0.2) is 11.2 Å². The smallest absolute Gasteiger partial charge is 0.0543 e. The highest BCUT2D eigenvalue weighted by atomic mass is 16.3. The number of hydrogen-bond donors (Lipinski definition) is 1. The lowest BCUT2D eigenvalue weighted by Crippen LogP contribution is -2.00. The van der Waals surface area contributed by atoms with Crippen molar-refractivity contribution in [3.05, 3.63) is 35.9 Å². The van der Waals surface area contributed by atoms with E-state index < -0.39 is 0 Å². The second-order valence-corrected chi connectivity index (χ2v) is 4.71. The maximum atomic E-state index is 9.42. The van der Waals surface area contributed by atoms with Crippen LogP contribution in [0.1, 0.15) is 37.7 Å². The predicted octanol–water partition coefficient (Wildman–Crippen LogP) is 3.17. The summed E-state index contributed by atoms with van der Waals surface area (Å²) in [5.74, 6) is 0.781. The van der Waals surface area contributed by atoms with Crippen LogP contribution in [0.15, 0.2) is 30.3 Å². The van der Waals surface area contributed by atoms with Crippen LogP contribution in [-0.2, 0) is 6.42 Å². The van der Waals surface area contributed by atoms with Gasteiger partial charge >= 0.3 is 0 Å². The zero-order chi connectivity index (χ0) is 10.5. The van der Waals surface area contributed by atoms with E-state index in [2.05, 4.69) is 30.3 Å². The van der Waals surface area contributed by atoms with E-state index in [1.807, 2.05) is 0 Å². The molecule has 2 rings (SSSR count). The third-order valence-corrected chi connectivity index (χ3v) is 3.43. The van der Waals surface area contributed by atoms with Gasteiger partial charge in [0.05, 0.1) is 6.10 Å². The SMILES string of the molecule is OC1CCC(CCCc2ccccc2)C1. The van der Waals surface area contributed by atoms with Crippen LogP contribution in [0.4, 0.5) is 0 Å². The van der Waals surface area contributed by atoms with Crippen LogP contribution in [0.3, 0.4) is 0 Å². The maximum Gasteiger partial charge on any atom is 0.0543 e. The molecule has 0 heterocycles. The monoisotopic (exact) mass is 204 g/mol. The first-order valence-electron chi connectivity index (χ1n) is 6.06. The quantitative estimate of drug-likeness (QED) is 0.798. The molecule has 1 aromatic carbocycles. The molecule has 1 saturated carbocycles. The number of aliphatic hydroxyl groups is 1. The number of hydrogen-bond acceptors (Lipinski definition) is 1. The van der Waals surface area contributed by atoms with Gasteiger partial charge in [-0.05, 0) is 43.6 Å². The van der Waals surface area contributed by atoms with Crippen molar-refractivity contribution < 1.29 is 5.11 Å². The molecule has 82 valence electrons. The molecule has 0 bridgehead atoms. The molecule has 0 aliphatic heterocycles. The predicted molar refractivity (Wildman–Crippen MR) is 62.7 cm³/mol. The molecule has 0 spiro atoms. The zero-order valence-corrected chi connectivity index (χ0v) is 9.23. The summed E-state index contributed by atoms with van der Waals surface area (Å²) in [5.41, 5.74) is 1.44. The standard InChI is InChI=1S/C14H20O/c15-14-10-9-13(11-14)8-4-7-12-5-2-1-3-6-12/h1-3,5-6,13-15H,4,7-11H2. The van der Waals surface area contributed by atoms with Gasteiger partial charge in [0.2, 0.25) is 0 Å². The van der Waals surface area contributed by atoms with Crippen LogP contribution in [0.2, 0.25) is 0 Å². The lowest BCUT2D eigenvalue weighted by Gasteiger charge is -2.08. The summed E-state index contributed by atoms with van der Waals surface area (Å²) in [4.78, 5) is 0. The fourth-order valence-electron chi connectivity index (χ4n) is 2.55. The Labute approximate surface area is 92.1 Å². The van der Waals surface area contributed by atoms with Crippen molar-refractivity contribution >= 4 is 0 Å². The van der Waals surface area contributed by atoms with Gasteiger partial charge in [0.25, 0.3) is 0 Å². The topological polar surface area (TPSA) is 20.2 Å². The Hall–Kier alpha value is -0.820. The molecule has 2 atom stereocenters. The van der Waals surface area contributed by atoms with E-state index in [0.717, 1.165) is 18.8 Å². The van der Waals surface area contributed by atoms with Crippen LogP contribution >= 0.6 is 0 Å². The summed E-state index contributed by atoms with van der Waals surface area (Å²) < 4.78 is 0. The number of rotatable bonds is 4. The van der Waals surface area contributed by atoms with Gasteiger partial charge in [0.15, 0.2) is 0 Å². The highest BCUT2D eigenvalue weighted by Gasteiger charge is 2.21. The van der Waals surface area contributed by atoms with E-state index in [0.29, 0.717) is 0 Å². The first-order chi connectivity index (χ1) is 7.34. The maximum absolute atomic E-state index is 9.42. The summed E-state index contributed by atoms with van der Waals surface area (Å²) in [5, 5.41) is 9.42. The third kappa shape index (κ3) is 3.35. The molecule has 1 aliphatic rings. The van der Waals surface area contributed by atoms with Crippen molar-refractivity contribution in [2.24, 2.45) is 5.92 Å². The van der Waals surface area contributed by atoms with Gasteiger partial charge in [-0.1, -0.05) is 36.8 Å². The fourth-order valence-corrected chi connectivity index (χ4v) is 2.55. The first-order valence-corrected chi connectivity index (χ1v) is 6.06. The molecule has 1 N–H and O–H groups in total. The fraction of sp³-hybridized carbons (Fsp3) is 0.571. The molecule has 1 aromatic rings. The van der Waals surface area contributed by atoms with Gasteiger partial charge in [0.1, 0.15) is 0 Å². The third-order valence-electron chi connectivity index (χ3n) is 3.43. The summed E-state index contributed by atoms with van der Waals surface area (Å²) in [6, 6.07) is 10.7. The summed E-state index contributed by atoms with van der Waals surface area (Å²) in [7, 11) is 0. The van der Waals surface area contributed by atoms with Crippen LogP contribution in [0, 0.1) is 5.92 Å². The summed E-state index contributed by atoms with van der Waals surface area (Å²) >= 11 is 0. The van der Waals surface area contributed by atoms with Crippen molar-refractivity contribution in [3.8, 4) is 0 Å². The molecule has 0 saturated heterocycles. The number of benzene rings is 1. The Morgan fingerprint density at radius 1 is 1.13 bits per heavy atom. The molecule has 15 heavy (non-hydrogen) atoms. The Kier molecular flexibility index (Phi) is 3.79. The lowest BCUT2D eigenvalue weighted by molar-refractivity contribution is 0.176. The van der Waals surface area contributed by atoms with E-state index in [4.69, 9.17) is 0 Å². The highest BCUT2D eigenvalue weighted by molar-refractivity contribution is 5.14. The minimum atomic E-state index is -0.00766. The summed E-state index contributed by atoms with van der Waals surface area (Å²) in [6.45, 7) is 0. The van der Waals surface area contributed by atoms with E-state index in [1.54, 1.807) is 0 Å². The van der Waals surface area contributed by atoms with Crippen LogP contribution < -0.4 is 0 Å². The van der Waals surface area contributed by atoms with Gasteiger partial charge in [-0.2, -0.15) is 0 Å². The summed E-state index contributed by atoms with van der Waals surface area (Å²) in [6.07, 6.45) is 7.02. The Morgan fingerprint density at radius 3 is 2.60 bits per heavy atom. The Bertz CT molecular complexity index is 281. The average Bonchev–Trinajstić information content (AvgIpc) is 2.66. The van der Waals surface area contributed by atoms with Gasteiger partial charge in [-0.15, -0.1) is 0 Å². The van der Waals surface area contributed by atoms with Crippen molar-refractivity contribution in [2.75, 3.05) is 0 Å². The van der Waals surface area contributed by atoms with Crippen molar-refractivity contribution in [1.82, 2.24) is 0 Å². The van der Waals surface area contributed by atoms with E-state index in [9.17, 15) is 5.11 Å². The first kappa shape index (κ1) is 10.7. The molecule has 1 heteroatoms. The Morgan fingerprint density at radius 2 is 1.93 bits per heavy atom. The van der Waals surface area contributed by atoms with Gasteiger partial charge in [-0.3, -0.25) is 0 Å². The van der Waals surface area contributed by atoms with E-state index in [-0.39, 0.29) is 6.10 Å². The molecule has 0 aromatic heterocycles. The Balaban J connectivity index is 1.67. The average molecular weight is 204 g/mol. The lowest BCUT2D eigenvalue weighted by atomic mass is 9.98. The molecule has 1 nitrogen and oxygen atoms in total. The molecule has 1 aliphatic carbocycles. The number of aryl methyl sites for hydroxylation is 1. The van der Waals surface area contributed by atoms with Gasteiger partial charge < -0.3 is 5.11 Å². The zero-order valence-electron chi connectivity index (χ0n) is 9.23. The van der Waals surface area contributed by atoms with Crippen LogP contribution in [0.5, 0.6) is 0 Å². The van der Waals surface area contributed by atoms with E-state index >= 15 is 0 Å². The highest BCUT2D eigenvalue weighted by Crippen LogP contribution is 2.29. The number of aliphatic hydroxyl groups excluding tert-OH is 1. The second kappa shape index (κ2) is 5.32. The van der Waals surface area contributed by atoms with Gasteiger partial charge in [-0.25, -0.2) is 0 Å². The normalized spacial score (nSPS) is 25.7. The van der Waals surface area contributed by atoms with Gasteiger partial charge in [0, 0.05) is 0 Å². The van der Waals surface area contributed by atoms with E-state index in [1.165, 1.54) is 31.2 Å². The molecular weight excluding hydrogens is 184 g/mol. The van der Waals surface area contributed by atoms with Crippen molar-refractivity contribution in [2.45, 2.75) is 44.6 Å². The minimum absolute atomic E-state index is 0.00766. The van der Waals surface area contributed by atoms with Crippen molar-refractivity contribution in [3.63, 3.8) is 0 Å².